The van der Waals surface area contributed by atoms with Gasteiger partial charge in [-0.1, -0.05) is 91.0 Å². The summed E-state index contributed by atoms with van der Waals surface area (Å²) in [6.07, 6.45) is 19.4. The molecule has 0 fully saturated rings. The molecule has 2 aromatic carbocycles. The molecule has 0 heteroatoms. The van der Waals surface area contributed by atoms with E-state index >= 15 is 0 Å². The van der Waals surface area contributed by atoms with Gasteiger partial charge in [-0.25, -0.2) is 0 Å². The summed E-state index contributed by atoms with van der Waals surface area (Å²) in [5.41, 5.74) is 13.2. The van der Waals surface area contributed by atoms with Gasteiger partial charge in [0.05, 0.1) is 0 Å². The fraction of sp³-hybridized carbons (Fsp3) is 0.172. The Bertz CT molecular complexity index is 962. The van der Waals surface area contributed by atoms with Crippen molar-refractivity contribution in [1.29, 1.82) is 0 Å². The van der Waals surface area contributed by atoms with Crippen molar-refractivity contribution in [1.82, 2.24) is 0 Å². The molecule has 0 N–H and O–H groups in total. The lowest BCUT2D eigenvalue weighted by atomic mass is 9.88. The van der Waals surface area contributed by atoms with Crippen molar-refractivity contribution in [3.63, 3.8) is 0 Å². The van der Waals surface area contributed by atoms with Crippen LogP contribution in [0.25, 0.3) is 5.57 Å². The van der Waals surface area contributed by atoms with E-state index in [9.17, 15) is 0 Å². The van der Waals surface area contributed by atoms with E-state index in [1.807, 2.05) is 12.2 Å². The number of benzene rings is 2. The Morgan fingerprint density at radius 2 is 1.17 bits per heavy atom. The zero-order valence-corrected chi connectivity index (χ0v) is 16.7. The van der Waals surface area contributed by atoms with Crippen molar-refractivity contribution < 1.29 is 0 Å². The Morgan fingerprint density at radius 3 is 1.59 bits per heavy atom. The second-order valence-electron chi connectivity index (χ2n) is 7.54. The summed E-state index contributed by atoms with van der Waals surface area (Å²) >= 11 is 0. The molecular weight excluding hydrogens is 348 g/mol. The van der Waals surface area contributed by atoms with Crippen LogP contribution in [0, 0.1) is 5.92 Å². The first-order valence-electron chi connectivity index (χ1n) is 10.5. The van der Waals surface area contributed by atoms with E-state index in [1.54, 1.807) is 0 Å². The first-order valence-corrected chi connectivity index (χ1v) is 10.5. The summed E-state index contributed by atoms with van der Waals surface area (Å²) < 4.78 is 0. The molecule has 2 aromatic rings. The molecule has 29 heavy (non-hydrogen) atoms. The van der Waals surface area contributed by atoms with Crippen LogP contribution in [0.3, 0.4) is 0 Å². The van der Waals surface area contributed by atoms with Gasteiger partial charge in [0, 0.05) is 0 Å². The molecule has 0 aliphatic heterocycles. The maximum absolute atomic E-state index is 3.35. The first-order chi connectivity index (χ1) is 14.4. The van der Waals surface area contributed by atoms with Crippen LogP contribution in [-0.4, -0.2) is 0 Å². The number of rotatable bonds is 9. The third-order valence-electron chi connectivity index (χ3n) is 5.47. The van der Waals surface area contributed by atoms with Gasteiger partial charge in [0.25, 0.3) is 0 Å². The summed E-state index contributed by atoms with van der Waals surface area (Å²) in [5, 5.41) is 0. The van der Waals surface area contributed by atoms with Gasteiger partial charge in [-0.3, -0.25) is 0 Å². The molecule has 0 bridgehead atoms. The van der Waals surface area contributed by atoms with Crippen LogP contribution in [0.1, 0.15) is 36.8 Å². The minimum Gasteiger partial charge on any atom is -0.117 e. The Labute approximate surface area is 174 Å². The fourth-order valence-electron chi connectivity index (χ4n) is 3.87. The van der Waals surface area contributed by atoms with Crippen LogP contribution < -0.4 is 0 Å². The van der Waals surface area contributed by atoms with Gasteiger partial charge in [-0.2, -0.15) is 0 Å². The second-order valence-corrected chi connectivity index (χ2v) is 7.54. The molecule has 0 nitrogen and oxygen atoms in total. The summed E-state index contributed by atoms with van der Waals surface area (Å²) in [6.45, 7) is 0. The van der Waals surface area contributed by atoms with Crippen LogP contribution in [0.4, 0.5) is 0 Å². The van der Waals surface area contributed by atoms with E-state index in [0.29, 0.717) is 5.92 Å². The smallest absolute Gasteiger partial charge is 0.00599 e. The third-order valence-corrected chi connectivity index (χ3v) is 5.47. The molecule has 0 heterocycles. The summed E-state index contributed by atoms with van der Waals surface area (Å²) in [5.74, 6) is 0.497. The van der Waals surface area contributed by atoms with E-state index < -0.39 is 0 Å². The highest BCUT2D eigenvalue weighted by atomic mass is 14.2. The normalized spacial score (nSPS) is 13.8. The van der Waals surface area contributed by atoms with Crippen molar-refractivity contribution in [3.8, 4) is 0 Å². The quantitative estimate of drug-likeness (QED) is 0.396. The highest BCUT2D eigenvalue weighted by molar-refractivity contribution is 5.79. The molecule has 2 aliphatic carbocycles. The lowest BCUT2D eigenvalue weighted by Gasteiger charge is -2.17. The zero-order chi connectivity index (χ0) is 19.7. The first kappa shape index (κ1) is 19.0. The molecule has 0 saturated carbocycles. The summed E-state index contributed by atoms with van der Waals surface area (Å²) in [4.78, 5) is 0. The average Bonchev–Trinajstić information content (AvgIpc) is 3.49. The monoisotopic (exact) mass is 374 g/mol. The molecule has 2 aliphatic rings. The van der Waals surface area contributed by atoms with Crippen LogP contribution in [0.2, 0.25) is 0 Å². The third kappa shape index (κ3) is 5.37. The zero-order valence-electron chi connectivity index (χ0n) is 16.7. The van der Waals surface area contributed by atoms with Crippen molar-refractivity contribution in [2.24, 2.45) is 5.92 Å². The van der Waals surface area contributed by atoms with E-state index in [-0.39, 0.29) is 0 Å². The largest absolute Gasteiger partial charge is 0.117 e. The maximum Gasteiger partial charge on any atom is -0.00599 e. The number of allylic oxidation sites excluding steroid dienone is 7. The molecule has 142 valence electrons. The highest BCUT2D eigenvalue weighted by Crippen LogP contribution is 2.30. The molecule has 4 rings (SSSR count). The fourth-order valence-corrected chi connectivity index (χ4v) is 3.87. The van der Waals surface area contributed by atoms with Gasteiger partial charge >= 0.3 is 0 Å². The summed E-state index contributed by atoms with van der Waals surface area (Å²) in [6, 6.07) is 21.5. The molecule has 0 amide bonds. The van der Waals surface area contributed by atoms with Gasteiger partial charge in [0.2, 0.25) is 0 Å². The lowest BCUT2D eigenvalue weighted by molar-refractivity contribution is 0.548. The van der Waals surface area contributed by atoms with Crippen molar-refractivity contribution in [3.05, 3.63) is 137 Å². The van der Waals surface area contributed by atoms with E-state index in [0.717, 1.165) is 25.7 Å². The van der Waals surface area contributed by atoms with E-state index in [2.05, 4.69) is 103 Å². The van der Waals surface area contributed by atoms with Crippen LogP contribution in [0.5, 0.6) is 0 Å². The van der Waals surface area contributed by atoms with E-state index in [4.69, 9.17) is 0 Å². The lowest BCUT2D eigenvalue weighted by Crippen LogP contribution is -2.01. The minimum absolute atomic E-state index is 0.497. The average molecular weight is 375 g/mol. The van der Waals surface area contributed by atoms with Crippen LogP contribution >= 0.6 is 0 Å². The predicted octanol–water partition coefficient (Wildman–Crippen LogP) is 7.60. The number of hydrogen-bond acceptors (Lipinski definition) is 0. The molecule has 0 aromatic heterocycles. The Morgan fingerprint density at radius 1 is 0.690 bits per heavy atom. The van der Waals surface area contributed by atoms with Gasteiger partial charge in [0.1, 0.15) is 0 Å². The Balaban J connectivity index is 1.62. The SMILES string of the molecule is C1=CC=CC=1CCC(C=C(c1ccccc1)c1ccccc1)CCC1=C=CC=C1. The van der Waals surface area contributed by atoms with Gasteiger partial charge < -0.3 is 0 Å². The van der Waals surface area contributed by atoms with Crippen molar-refractivity contribution >= 4 is 5.57 Å². The van der Waals surface area contributed by atoms with Crippen molar-refractivity contribution in [2.75, 3.05) is 0 Å². The maximum atomic E-state index is 3.35. The topological polar surface area (TPSA) is 0 Å². The van der Waals surface area contributed by atoms with E-state index in [1.165, 1.54) is 27.8 Å². The Kier molecular flexibility index (Phi) is 6.41. The minimum atomic E-state index is 0.497. The molecule has 0 atom stereocenters. The Hall–Kier alpha value is -3.30. The van der Waals surface area contributed by atoms with Gasteiger partial charge in [-0.05, 0) is 71.6 Å². The standard InChI is InChI=1S/C29H26/c1-3-15-27(16-4-1)29(28-17-5-2-6-18-28)23-26(21-19-24-11-7-8-12-24)22-20-25-13-9-10-14-25/h1-11,13,15-18,23,26H,19-22H2. The molecule has 0 unspecified atom stereocenters. The predicted molar refractivity (Wildman–Crippen MR) is 123 cm³/mol. The molecule has 0 spiro atoms. The number of hydrogen-bond donors (Lipinski definition) is 0. The van der Waals surface area contributed by atoms with Crippen LogP contribution in [-0.2, 0) is 0 Å². The van der Waals surface area contributed by atoms with Crippen LogP contribution in [0.15, 0.2) is 126 Å². The summed E-state index contributed by atoms with van der Waals surface area (Å²) in [7, 11) is 0. The van der Waals surface area contributed by atoms with Crippen molar-refractivity contribution in [2.45, 2.75) is 25.7 Å². The molecule has 0 radical (unpaired) electrons. The van der Waals surface area contributed by atoms with Gasteiger partial charge in [0.15, 0.2) is 0 Å². The molecular formula is C29H26. The van der Waals surface area contributed by atoms with Gasteiger partial charge in [-0.15, -0.1) is 11.5 Å². The second kappa shape index (κ2) is 9.76. The molecule has 0 saturated heterocycles. The highest BCUT2D eigenvalue weighted by Gasteiger charge is 2.13.